The maximum atomic E-state index is 12.5. The van der Waals surface area contributed by atoms with Crippen LogP contribution in [-0.2, 0) is 20.7 Å². The summed E-state index contributed by atoms with van der Waals surface area (Å²) in [7, 11) is 1.78. The van der Waals surface area contributed by atoms with E-state index in [2.05, 4.69) is 15.2 Å². The Kier molecular flexibility index (Phi) is 7.32. The van der Waals surface area contributed by atoms with Crippen LogP contribution >= 0.6 is 11.6 Å². The van der Waals surface area contributed by atoms with E-state index in [4.69, 9.17) is 21.1 Å². The number of guanidine groups is 1. The number of piperazine rings is 1. The molecule has 0 spiro atoms. The number of carbonyl (C=O) groups excluding carboxylic acids is 1. The first kappa shape index (κ1) is 19.9. The van der Waals surface area contributed by atoms with Gasteiger partial charge in [-0.25, -0.2) is 0 Å². The third-order valence-electron chi connectivity index (χ3n) is 4.76. The van der Waals surface area contributed by atoms with Crippen molar-refractivity contribution in [3.8, 4) is 0 Å². The molecule has 8 heteroatoms. The van der Waals surface area contributed by atoms with Gasteiger partial charge in [0.2, 0.25) is 5.91 Å². The molecular formula is C19H27ClN4O3. The quantitative estimate of drug-likeness (QED) is 0.610. The van der Waals surface area contributed by atoms with Crippen molar-refractivity contribution in [1.29, 1.82) is 0 Å². The second-order valence-corrected chi connectivity index (χ2v) is 7.11. The molecule has 0 radical (unpaired) electrons. The predicted octanol–water partition coefficient (Wildman–Crippen LogP) is 1.02. The number of amides is 1. The number of benzene rings is 1. The molecule has 1 amide bonds. The van der Waals surface area contributed by atoms with Crippen molar-refractivity contribution in [3.05, 3.63) is 34.9 Å². The number of halogens is 1. The van der Waals surface area contributed by atoms with E-state index in [1.165, 1.54) is 0 Å². The normalized spacial score (nSPS) is 21.3. The van der Waals surface area contributed by atoms with Crippen molar-refractivity contribution >= 4 is 23.5 Å². The summed E-state index contributed by atoms with van der Waals surface area (Å²) in [5, 5.41) is 4.01. The van der Waals surface area contributed by atoms with Crippen LogP contribution < -0.4 is 5.32 Å². The van der Waals surface area contributed by atoms with Gasteiger partial charge in [0.1, 0.15) is 0 Å². The van der Waals surface area contributed by atoms with Gasteiger partial charge in [-0.15, -0.1) is 0 Å². The van der Waals surface area contributed by atoms with Crippen LogP contribution in [0.25, 0.3) is 0 Å². The Bertz CT molecular complexity index is 656. The number of hydrogen-bond donors (Lipinski definition) is 1. The highest BCUT2D eigenvalue weighted by atomic mass is 35.5. The van der Waals surface area contributed by atoms with Crippen molar-refractivity contribution in [2.45, 2.75) is 12.5 Å². The van der Waals surface area contributed by atoms with Crippen LogP contribution in [-0.4, -0.2) is 87.4 Å². The lowest BCUT2D eigenvalue weighted by Gasteiger charge is -2.37. The summed E-state index contributed by atoms with van der Waals surface area (Å²) < 4.78 is 11.1. The van der Waals surface area contributed by atoms with E-state index in [0.717, 1.165) is 24.6 Å². The zero-order chi connectivity index (χ0) is 19.1. The minimum Gasteiger partial charge on any atom is -0.376 e. The molecule has 1 unspecified atom stereocenters. The van der Waals surface area contributed by atoms with Crippen LogP contribution in [0.1, 0.15) is 5.56 Å². The Hall–Kier alpha value is -1.83. The number of nitrogens with zero attached hydrogens (tertiary/aromatic N) is 3. The molecule has 0 aliphatic carbocycles. The Morgan fingerprint density at radius 2 is 2.04 bits per heavy atom. The first-order chi connectivity index (χ1) is 13.2. The van der Waals surface area contributed by atoms with Crippen molar-refractivity contribution in [3.63, 3.8) is 0 Å². The highest BCUT2D eigenvalue weighted by Crippen LogP contribution is 2.13. The minimum atomic E-state index is 0.0519. The minimum absolute atomic E-state index is 0.0519. The smallest absolute Gasteiger partial charge is 0.227 e. The number of carbonyl (C=O) groups is 1. The molecule has 2 heterocycles. The number of nitrogens with one attached hydrogen (secondary N) is 1. The first-order valence-electron chi connectivity index (χ1n) is 9.33. The third kappa shape index (κ3) is 5.82. The summed E-state index contributed by atoms with van der Waals surface area (Å²) in [5.74, 6) is 0.971. The van der Waals surface area contributed by atoms with Crippen LogP contribution in [0, 0.1) is 0 Å². The lowest BCUT2D eigenvalue weighted by molar-refractivity contribution is -0.131. The molecule has 0 bridgehead atoms. The monoisotopic (exact) mass is 394 g/mol. The van der Waals surface area contributed by atoms with Gasteiger partial charge in [0, 0.05) is 44.8 Å². The Labute approximate surface area is 165 Å². The lowest BCUT2D eigenvalue weighted by atomic mass is 10.1. The average Bonchev–Trinajstić information content (AvgIpc) is 2.70. The molecule has 1 aromatic rings. The predicted molar refractivity (Wildman–Crippen MR) is 105 cm³/mol. The van der Waals surface area contributed by atoms with Crippen LogP contribution in [0.4, 0.5) is 0 Å². The molecule has 1 atom stereocenters. The van der Waals surface area contributed by atoms with E-state index in [1.54, 1.807) is 7.05 Å². The zero-order valence-electron chi connectivity index (χ0n) is 15.7. The van der Waals surface area contributed by atoms with Crippen LogP contribution in [0.15, 0.2) is 29.3 Å². The largest absolute Gasteiger partial charge is 0.376 e. The van der Waals surface area contributed by atoms with Crippen LogP contribution in [0.2, 0.25) is 5.02 Å². The molecule has 148 valence electrons. The van der Waals surface area contributed by atoms with E-state index in [1.807, 2.05) is 29.2 Å². The topological polar surface area (TPSA) is 66.4 Å². The van der Waals surface area contributed by atoms with Gasteiger partial charge in [-0.05, 0) is 17.7 Å². The van der Waals surface area contributed by atoms with Crippen molar-refractivity contribution in [1.82, 2.24) is 15.1 Å². The standard InChI is InChI=1S/C19H27ClN4O3/c1-21-19(22-13-17-14-26-9-10-27-17)24-7-5-23(6-8-24)18(25)12-15-3-2-4-16(20)11-15/h2-4,11,17H,5-10,12-14H2,1H3,(H,21,22). The van der Waals surface area contributed by atoms with Crippen molar-refractivity contribution < 1.29 is 14.3 Å². The van der Waals surface area contributed by atoms with Gasteiger partial charge in [-0.1, -0.05) is 23.7 Å². The molecule has 0 aromatic heterocycles. The number of rotatable bonds is 4. The van der Waals surface area contributed by atoms with Gasteiger partial charge in [0.05, 0.1) is 32.3 Å². The summed E-state index contributed by atoms with van der Waals surface area (Å²) in [4.78, 5) is 21.0. The van der Waals surface area contributed by atoms with E-state index in [0.29, 0.717) is 50.9 Å². The maximum Gasteiger partial charge on any atom is 0.227 e. The Morgan fingerprint density at radius 1 is 1.26 bits per heavy atom. The molecule has 7 nitrogen and oxygen atoms in total. The lowest BCUT2D eigenvalue weighted by Crippen LogP contribution is -2.55. The summed E-state index contributed by atoms with van der Waals surface area (Å²) >= 11 is 6.00. The van der Waals surface area contributed by atoms with Crippen LogP contribution in [0.3, 0.4) is 0 Å². The molecule has 2 fully saturated rings. The molecular weight excluding hydrogens is 368 g/mol. The molecule has 3 rings (SSSR count). The summed E-state index contributed by atoms with van der Waals surface area (Å²) in [5.41, 5.74) is 0.946. The highest BCUT2D eigenvalue weighted by molar-refractivity contribution is 6.30. The second kappa shape index (κ2) is 9.92. The zero-order valence-corrected chi connectivity index (χ0v) is 16.5. The first-order valence-corrected chi connectivity index (χ1v) is 9.70. The fraction of sp³-hybridized carbons (Fsp3) is 0.579. The molecule has 27 heavy (non-hydrogen) atoms. The maximum absolute atomic E-state index is 12.5. The fourth-order valence-electron chi connectivity index (χ4n) is 3.29. The van der Waals surface area contributed by atoms with Gasteiger partial charge in [0.15, 0.2) is 5.96 Å². The number of aliphatic imine (C=N–C) groups is 1. The van der Waals surface area contributed by atoms with Gasteiger partial charge in [0.25, 0.3) is 0 Å². The highest BCUT2D eigenvalue weighted by Gasteiger charge is 2.24. The molecule has 1 N–H and O–H groups in total. The molecule has 0 saturated carbocycles. The molecule has 1 aromatic carbocycles. The summed E-state index contributed by atoms with van der Waals surface area (Å²) in [6.45, 7) is 5.45. The summed E-state index contributed by atoms with van der Waals surface area (Å²) in [6, 6.07) is 7.47. The van der Waals surface area contributed by atoms with Gasteiger partial charge >= 0.3 is 0 Å². The van der Waals surface area contributed by atoms with E-state index < -0.39 is 0 Å². The molecule has 2 aliphatic rings. The molecule has 2 saturated heterocycles. The van der Waals surface area contributed by atoms with Crippen LogP contribution in [0.5, 0.6) is 0 Å². The Morgan fingerprint density at radius 3 is 2.70 bits per heavy atom. The summed E-state index contributed by atoms with van der Waals surface area (Å²) in [6.07, 6.45) is 0.433. The fourth-order valence-corrected chi connectivity index (χ4v) is 3.51. The molecule has 2 aliphatic heterocycles. The van der Waals surface area contributed by atoms with E-state index >= 15 is 0 Å². The Balaban J connectivity index is 1.44. The number of ether oxygens (including phenoxy) is 2. The van der Waals surface area contributed by atoms with E-state index in [-0.39, 0.29) is 12.0 Å². The van der Waals surface area contributed by atoms with E-state index in [9.17, 15) is 4.79 Å². The van der Waals surface area contributed by atoms with Crippen molar-refractivity contribution in [2.75, 3.05) is 59.6 Å². The van der Waals surface area contributed by atoms with Gasteiger partial charge in [-0.2, -0.15) is 0 Å². The average molecular weight is 395 g/mol. The second-order valence-electron chi connectivity index (χ2n) is 6.67. The third-order valence-corrected chi connectivity index (χ3v) is 5.00. The van der Waals surface area contributed by atoms with Gasteiger partial charge in [-0.3, -0.25) is 9.79 Å². The SMILES string of the molecule is CN=C(NCC1COCCO1)N1CCN(C(=O)Cc2cccc(Cl)c2)CC1. The number of hydrogen-bond acceptors (Lipinski definition) is 4. The van der Waals surface area contributed by atoms with Crippen molar-refractivity contribution in [2.24, 2.45) is 4.99 Å². The van der Waals surface area contributed by atoms with Gasteiger partial charge < -0.3 is 24.6 Å².